The molecular weight excluding hydrogens is 332 g/mol. The zero-order chi connectivity index (χ0) is 18.6. The Bertz CT molecular complexity index is 879. The van der Waals surface area contributed by atoms with Crippen LogP contribution in [0.2, 0.25) is 0 Å². The van der Waals surface area contributed by atoms with Crippen molar-refractivity contribution in [1.82, 2.24) is 15.0 Å². The normalized spacial score (nSPS) is 17.9. The van der Waals surface area contributed by atoms with Gasteiger partial charge in [-0.25, -0.2) is 9.97 Å². The predicted octanol–water partition coefficient (Wildman–Crippen LogP) is 5.01. The van der Waals surface area contributed by atoms with E-state index in [1.54, 1.807) is 12.4 Å². The fourth-order valence-corrected chi connectivity index (χ4v) is 4.25. The Morgan fingerprint density at radius 2 is 1.85 bits per heavy atom. The molecule has 1 aromatic carbocycles. The van der Waals surface area contributed by atoms with Crippen molar-refractivity contribution in [3.63, 3.8) is 0 Å². The van der Waals surface area contributed by atoms with Crippen LogP contribution in [0, 0.1) is 6.92 Å². The number of benzene rings is 1. The Balaban J connectivity index is 1.69. The third-order valence-electron chi connectivity index (χ3n) is 5.50. The van der Waals surface area contributed by atoms with E-state index in [2.05, 4.69) is 65.1 Å². The summed E-state index contributed by atoms with van der Waals surface area (Å²) in [6, 6.07) is 17.5. The summed E-state index contributed by atoms with van der Waals surface area (Å²) in [4.78, 5) is 16.2. The lowest BCUT2D eigenvalue weighted by molar-refractivity contribution is 0.513. The molecule has 2 unspecified atom stereocenters. The monoisotopic (exact) mass is 358 g/mol. The Kier molecular flexibility index (Phi) is 5.14. The molecule has 4 rings (SSSR count). The molecule has 138 valence electrons. The summed E-state index contributed by atoms with van der Waals surface area (Å²) < 4.78 is 0. The van der Waals surface area contributed by atoms with Gasteiger partial charge in [0.25, 0.3) is 0 Å². The second-order valence-electron chi connectivity index (χ2n) is 7.26. The van der Waals surface area contributed by atoms with Gasteiger partial charge in [0, 0.05) is 48.2 Å². The first kappa shape index (κ1) is 17.7. The first-order chi connectivity index (χ1) is 13.3. The number of aromatic nitrogens is 3. The summed E-state index contributed by atoms with van der Waals surface area (Å²) >= 11 is 0. The molecule has 2 aromatic heterocycles. The lowest BCUT2D eigenvalue weighted by atomic mass is 9.87. The fraction of sp³-hybridized carbons (Fsp3) is 0.348. The number of nitrogens with zero attached hydrogens (tertiary/aromatic N) is 4. The molecule has 27 heavy (non-hydrogen) atoms. The van der Waals surface area contributed by atoms with E-state index in [-0.39, 0.29) is 0 Å². The third kappa shape index (κ3) is 3.70. The molecule has 1 aliphatic rings. The fourth-order valence-electron chi connectivity index (χ4n) is 4.25. The minimum absolute atomic E-state index is 0.483. The van der Waals surface area contributed by atoms with Gasteiger partial charge in [-0.05, 0) is 43.9 Å². The van der Waals surface area contributed by atoms with Gasteiger partial charge >= 0.3 is 0 Å². The molecule has 0 N–H and O–H groups in total. The molecule has 4 nitrogen and oxygen atoms in total. The molecule has 0 amide bonds. The highest BCUT2D eigenvalue weighted by Crippen LogP contribution is 2.36. The zero-order valence-corrected chi connectivity index (χ0v) is 16.0. The quantitative estimate of drug-likeness (QED) is 0.643. The molecule has 0 spiro atoms. The van der Waals surface area contributed by atoms with Gasteiger partial charge in [-0.2, -0.15) is 0 Å². The van der Waals surface area contributed by atoms with Crippen LogP contribution in [0.4, 0.5) is 5.82 Å². The van der Waals surface area contributed by atoms with Gasteiger partial charge in [0.1, 0.15) is 5.82 Å². The maximum atomic E-state index is 4.93. The van der Waals surface area contributed by atoms with Crippen molar-refractivity contribution in [2.75, 3.05) is 11.4 Å². The Labute approximate surface area is 161 Å². The summed E-state index contributed by atoms with van der Waals surface area (Å²) in [5.74, 6) is 2.35. The molecule has 1 aliphatic heterocycles. The minimum Gasteiger partial charge on any atom is -0.353 e. The minimum atomic E-state index is 0.483. The van der Waals surface area contributed by atoms with Crippen molar-refractivity contribution in [2.45, 2.75) is 45.1 Å². The number of hydrogen-bond donors (Lipinski definition) is 0. The number of hydrogen-bond acceptors (Lipinski definition) is 4. The van der Waals surface area contributed by atoms with E-state index in [1.165, 1.54) is 18.4 Å². The van der Waals surface area contributed by atoms with E-state index in [9.17, 15) is 0 Å². The van der Waals surface area contributed by atoms with Crippen LogP contribution in [0.15, 0.2) is 60.9 Å². The van der Waals surface area contributed by atoms with Gasteiger partial charge < -0.3 is 4.90 Å². The number of anilines is 1. The van der Waals surface area contributed by atoms with Crippen molar-refractivity contribution < 1.29 is 0 Å². The Hall–Kier alpha value is -2.75. The van der Waals surface area contributed by atoms with Crippen molar-refractivity contribution in [3.8, 4) is 11.4 Å². The largest absolute Gasteiger partial charge is 0.353 e. The van der Waals surface area contributed by atoms with Crippen molar-refractivity contribution in [1.29, 1.82) is 0 Å². The topological polar surface area (TPSA) is 41.9 Å². The van der Waals surface area contributed by atoms with Gasteiger partial charge in [-0.15, -0.1) is 0 Å². The molecule has 3 heterocycles. The van der Waals surface area contributed by atoms with Crippen molar-refractivity contribution in [2.24, 2.45) is 0 Å². The van der Waals surface area contributed by atoms with Gasteiger partial charge in [0.15, 0.2) is 5.82 Å². The molecule has 2 atom stereocenters. The first-order valence-corrected chi connectivity index (χ1v) is 9.84. The van der Waals surface area contributed by atoms with Crippen LogP contribution < -0.4 is 4.90 Å². The maximum absolute atomic E-state index is 4.93. The molecule has 1 saturated heterocycles. The number of pyridine rings is 1. The van der Waals surface area contributed by atoms with E-state index >= 15 is 0 Å². The van der Waals surface area contributed by atoms with E-state index < -0.39 is 0 Å². The highest BCUT2D eigenvalue weighted by molar-refractivity contribution is 5.58. The predicted molar refractivity (Wildman–Crippen MR) is 110 cm³/mol. The number of rotatable bonds is 5. The van der Waals surface area contributed by atoms with Crippen molar-refractivity contribution >= 4 is 5.82 Å². The molecule has 3 aromatic rings. The first-order valence-electron chi connectivity index (χ1n) is 9.84. The van der Waals surface area contributed by atoms with E-state index in [0.29, 0.717) is 12.0 Å². The summed E-state index contributed by atoms with van der Waals surface area (Å²) in [6.45, 7) is 5.40. The van der Waals surface area contributed by atoms with Gasteiger partial charge in [-0.3, -0.25) is 4.98 Å². The zero-order valence-electron chi connectivity index (χ0n) is 16.0. The summed E-state index contributed by atoms with van der Waals surface area (Å²) in [7, 11) is 0. The molecule has 0 aliphatic carbocycles. The average molecular weight is 358 g/mol. The van der Waals surface area contributed by atoms with Gasteiger partial charge in [0.2, 0.25) is 0 Å². The highest BCUT2D eigenvalue weighted by atomic mass is 15.2. The van der Waals surface area contributed by atoms with E-state index in [4.69, 9.17) is 4.98 Å². The van der Waals surface area contributed by atoms with Gasteiger partial charge in [-0.1, -0.05) is 37.3 Å². The van der Waals surface area contributed by atoms with E-state index in [0.717, 1.165) is 35.9 Å². The third-order valence-corrected chi connectivity index (χ3v) is 5.50. The van der Waals surface area contributed by atoms with Crippen LogP contribution in [0.3, 0.4) is 0 Å². The van der Waals surface area contributed by atoms with Crippen LogP contribution in [-0.4, -0.2) is 27.5 Å². The summed E-state index contributed by atoms with van der Waals surface area (Å²) in [6.07, 6.45) is 7.14. The summed E-state index contributed by atoms with van der Waals surface area (Å²) in [5.41, 5.74) is 3.45. The smallest absolute Gasteiger partial charge is 0.161 e. The molecule has 4 heteroatoms. The van der Waals surface area contributed by atoms with Crippen LogP contribution in [0.25, 0.3) is 11.4 Å². The standard InChI is InChI=1S/C23H26N4/c1-3-20(18-8-5-4-6-9-18)21-10-7-15-27(21)22-16-17(2)25-23(26-22)19-11-13-24-14-12-19/h4-6,8-9,11-14,16,20-21H,3,7,10,15H2,1-2H3. The van der Waals surface area contributed by atoms with Crippen molar-refractivity contribution in [3.05, 3.63) is 72.2 Å². The average Bonchev–Trinajstić information content (AvgIpc) is 3.19. The molecule has 0 bridgehead atoms. The molecule has 0 radical (unpaired) electrons. The van der Waals surface area contributed by atoms with Crippen LogP contribution in [0.5, 0.6) is 0 Å². The van der Waals surface area contributed by atoms with Gasteiger partial charge in [0.05, 0.1) is 0 Å². The van der Waals surface area contributed by atoms with Crippen LogP contribution in [0.1, 0.15) is 43.4 Å². The molecule has 1 fully saturated rings. The van der Waals surface area contributed by atoms with Crippen LogP contribution in [-0.2, 0) is 0 Å². The highest BCUT2D eigenvalue weighted by Gasteiger charge is 2.32. The lowest BCUT2D eigenvalue weighted by Gasteiger charge is -2.32. The Morgan fingerprint density at radius 1 is 1.07 bits per heavy atom. The SMILES string of the molecule is CCC(c1ccccc1)C1CCCN1c1cc(C)nc(-c2ccncc2)n1. The number of aryl methyl sites for hydroxylation is 1. The Morgan fingerprint density at radius 3 is 2.59 bits per heavy atom. The maximum Gasteiger partial charge on any atom is 0.161 e. The second kappa shape index (κ2) is 7.87. The summed E-state index contributed by atoms with van der Waals surface area (Å²) in [5, 5.41) is 0. The van der Waals surface area contributed by atoms with E-state index in [1.807, 2.05) is 12.1 Å². The van der Waals surface area contributed by atoms with Crippen LogP contribution >= 0.6 is 0 Å². The second-order valence-corrected chi connectivity index (χ2v) is 7.26. The lowest BCUT2D eigenvalue weighted by Crippen LogP contribution is -2.35. The molecular formula is C23H26N4. The molecule has 0 saturated carbocycles.